The lowest BCUT2D eigenvalue weighted by Crippen LogP contribution is -2.43. The van der Waals surface area contributed by atoms with Crippen LogP contribution in [-0.2, 0) is 4.79 Å². The number of Topliss-reactive ketones (excluding diaryl/α,β-unsaturated/α-hetero) is 1. The van der Waals surface area contributed by atoms with Crippen molar-refractivity contribution in [3.05, 3.63) is 33.9 Å². The Morgan fingerprint density at radius 3 is 2.76 bits per heavy atom. The predicted octanol–water partition coefficient (Wildman–Crippen LogP) is 1.65. The van der Waals surface area contributed by atoms with E-state index in [2.05, 4.69) is 0 Å². The van der Waals surface area contributed by atoms with Gasteiger partial charge in [0, 0.05) is 31.5 Å². The number of ketones is 1. The van der Waals surface area contributed by atoms with Crippen molar-refractivity contribution in [2.75, 3.05) is 20.2 Å². The normalized spacial score (nSPS) is 18.5. The summed E-state index contributed by atoms with van der Waals surface area (Å²) in [7, 11) is 1.29. The van der Waals surface area contributed by atoms with Crippen LogP contribution >= 0.6 is 0 Å². The Bertz CT molecular complexity index is 599. The SMILES string of the molecule is COc1c(C(=O)N2CCC(=O)C(C)C2)cccc1[N+](=O)[O-]. The molecule has 1 aliphatic heterocycles. The van der Waals surface area contributed by atoms with E-state index in [1.165, 1.54) is 30.2 Å². The van der Waals surface area contributed by atoms with Gasteiger partial charge in [0.25, 0.3) is 5.91 Å². The molecular formula is C14H16N2O5. The van der Waals surface area contributed by atoms with E-state index in [1.807, 2.05) is 0 Å². The maximum Gasteiger partial charge on any atom is 0.311 e. The molecule has 1 aromatic carbocycles. The smallest absolute Gasteiger partial charge is 0.311 e. The summed E-state index contributed by atoms with van der Waals surface area (Å²) >= 11 is 0. The van der Waals surface area contributed by atoms with Crippen LogP contribution in [0.25, 0.3) is 0 Å². The number of hydrogen-bond donors (Lipinski definition) is 0. The van der Waals surface area contributed by atoms with Crippen LogP contribution in [0.5, 0.6) is 5.75 Å². The first kappa shape index (κ1) is 15.0. The molecular weight excluding hydrogens is 276 g/mol. The Balaban J connectivity index is 2.33. The first-order chi connectivity index (χ1) is 9.95. The molecule has 1 saturated heterocycles. The van der Waals surface area contributed by atoms with Gasteiger partial charge in [0.2, 0.25) is 5.75 Å². The fourth-order valence-corrected chi connectivity index (χ4v) is 2.42. The van der Waals surface area contributed by atoms with Crippen LogP contribution < -0.4 is 4.74 Å². The number of carbonyl (C=O) groups excluding carboxylic acids is 2. The van der Waals surface area contributed by atoms with Crippen LogP contribution in [0.3, 0.4) is 0 Å². The van der Waals surface area contributed by atoms with Crippen molar-refractivity contribution in [2.45, 2.75) is 13.3 Å². The maximum absolute atomic E-state index is 12.5. The third-order valence-electron chi connectivity index (χ3n) is 3.58. The summed E-state index contributed by atoms with van der Waals surface area (Å²) in [4.78, 5) is 36.0. The Hall–Kier alpha value is -2.44. The highest BCUT2D eigenvalue weighted by molar-refractivity contribution is 5.99. The number of hydrogen-bond acceptors (Lipinski definition) is 5. The second-order valence-corrected chi connectivity index (χ2v) is 4.98. The molecule has 1 aliphatic rings. The molecule has 0 aliphatic carbocycles. The molecule has 1 amide bonds. The van der Waals surface area contributed by atoms with E-state index in [0.717, 1.165) is 0 Å². The molecule has 7 nitrogen and oxygen atoms in total. The van der Waals surface area contributed by atoms with Gasteiger partial charge in [-0.15, -0.1) is 0 Å². The van der Waals surface area contributed by atoms with E-state index < -0.39 is 4.92 Å². The minimum Gasteiger partial charge on any atom is -0.490 e. The monoisotopic (exact) mass is 292 g/mol. The zero-order valence-corrected chi connectivity index (χ0v) is 11.9. The van der Waals surface area contributed by atoms with Crippen LogP contribution in [0.4, 0.5) is 5.69 Å². The van der Waals surface area contributed by atoms with E-state index in [0.29, 0.717) is 19.5 Å². The number of benzene rings is 1. The third kappa shape index (κ3) is 2.86. The van der Waals surface area contributed by atoms with Gasteiger partial charge in [-0.2, -0.15) is 0 Å². The number of piperidine rings is 1. The number of methoxy groups -OCH3 is 1. The first-order valence-corrected chi connectivity index (χ1v) is 6.59. The second-order valence-electron chi connectivity index (χ2n) is 4.98. The van der Waals surface area contributed by atoms with Gasteiger partial charge in [-0.3, -0.25) is 19.7 Å². The zero-order valence-electron chi connectivity index (χ0n) is 11.9. The van der Waals surface area contributed by atoms with Gasteiger partial charge >= 0.3 is 5.69 Å². The largest absolute Gasteiger partial charge is 0.490 e. The molecule has 2 rings (SSSR count). The number of carbonyl (C=O) groups is 2. The summed E-state index contributed by atoms with van der Waals surface area (Å²) in [6.07, 6.45) is 0.310. The molecule has 112 valence electrons. The van der Waals surface area contributed by atoms with Crippen molar-refractivity contribution in [1.29, 1.82) is 0 Å². The fraction of sp³-hybridized carbons (Fsp3) is 0.429. The van der Waals surface area contributed by atoms with E-state index in [-0.39, 0.29) is 34.6 Å². The zero-order chi connectivity index (χ0) is 15.6. The molecule has 1 atom stereocenters. The van der Waals surface area contributed by atoms with E-state index >= 15 is 0 Å². The standard InChI is InChI=1S/C14H16N2O5/c1-9-8-15(7-6-12(9)17)14(18)10-4-3-5-11(16(19)20)13(10)21-2/h3-5,9H,6-8H2,1-2H3. The first-order valence-electron chi connectivity index (χ1n) is 6.59. The lowest BCUT2D eigenvalue weighted by atomic mass is 9.97. The number of para-hydroxylation sites is 1. The third-order valence-corrected chi connectivity index (χ3v) is 3.58. The minimum atomic E-state index is -0.585. The molecule has 1 fully saturated rings. The lowest BCUT2D eigenvalue weighted by Gasteiger charge is -2.30. The topological polar surface area (TPSA) is 89.8 Å². The van der Waals surface area contributed by atoms with Gasteiger partial charge in [-0.05, 0) is 6.07 Å². The average molecular weight is 292 g/mol. The van der Waals surface area contributed by atoms with Crippen molar-refractivity contribution in [1.82, 2.24) is 4.90 Å². The summed E-state index contributed by atoms with van der Waals surface area (Å²) in [5.74, 6) is -0.482. The number of ether oxygens (including phenoxy) is 1. The molecule has 0 aromatic heterocycles. The van der Waals surface area contributed by atoms with Gasteiger partial charge in [0.05, 0.1) is 17.6 Å². The number of nitrogens with zero attached hydrogens (tertiary/aromatic N) is 2. The van der Waals surface area contributed by atoms with Crippen LogP contribution in [-0.4, -0.2) is 41.7 Å². The van der Waals surface area contributed by atoms with E-state index in [1.54, 1.807) is 6.92 Å². The molecule has 0 bridgehead atoms. The van der Waals surface area contributed by atoms with Crippen LogP contribution in [0.15, 0.2) is 18.2 Å². The number of rotatable bonds is 3. The summed E-state index contributed by atoms with van der Waals surface area (Å²) < 4.78 is 5.04. The van der Waals surface area contributed by atoms with Crippen molar-refractivity contribution in [2.24, 2.45) is 5.92 Å². The Morgan fingerprint density at radius 1 is 1.48 bits per heavy atom. The predicted molar refractivity (Wildman–Crippen MR) is 74.3 cm³/mol. The number of likely N-dealkylation sites (tertiary alicyclic amines) is 1. The Labute approximate surface area is 121 Å². The highest BCUT2D eigenvalue weighted by Gasteiger charge is 2.30. The highest BCUT2D eigenvalue weighted by atomic mass is 16.6. The summed E-state index contributed by atoms with van der Waals surface area (Å²) in [5.41, 5.74) is -0.0993. The molecule has 0 spiro atoms. The fourth-order valence-electron chi connectivity index (χ4n) is 2.42. The van der Waals surface area contributed by atoms with Gasteiger partial charge in [0.15, 0.2) is 0 Å². The number of amides is 1. The molecule has 0 saturated carbocycles. The summed E-state index contributed by atoms with van der Waals surface area (Å²) in [6, 6.07) is 4.24. The second kappa shape index (κ2) is 5.90. The maximum atomic E-state index is 12.5. The van der Waals surface area contributed by atoms with Gasteiger partial charge in [0.1, 0.15) is 5.78 Å². The molecule has 1 unspecified atom stereocenters. The summed E-state index contributed by atoms with van der Waals surface area (Å²) in [6.45, 7) is 2.42. The van der Waals surface area contributed by atoms with Crippen molar-refractivity contribution < 1.29 is 19.2 Å². The number of nitro benzene ring substituents is 1. The van der Waals surface area contributed by atoms with Crippen molar-refractivity contribution in [3.8, 4) is 5.75 Å². The Kier molecular flexibility index (Phi) is 4.21. The van der Waals surface area contributed by atoms with Crippen LogP contribution in [0, 0.1) is 16.0 Å². The lowest BCUT2D eigenvalue weighted by molar-refractivity contribution is -0.385. The quantitative estimate of drug-likeness (QED) is 0.624. The minimum absolute atomic E-state index is 0.0444. The molecule has 0 radical (unpaired) electrons. The molecule has 1 aromatic rings. The number of nitro groups is 1. The molecule has 21 heavy (non-hydrogen) atoms. The van der Waals surface area contributed by atoms with Gasteiger partial charge in [-0.1, -0.05) is 13.0 Å². The molecule has 0 N–H and O–H groups in total. The Morgan fingerprint density at radius 2 is 2.19 bits per heavy atom. The van der Waals surface area contributed by atoms with Crippen LogP contribution in [0.2, 0.25) is 0 Å². The van der Waals surface area contributed by atoms with E-state index in [9.17, 15) is 19.7 Å². The van der Waals surface area contributed by atoms with Crippen molar-refractivity contribution in [3.63, 3.8) is 0 Å². The van der Waals surface area contributed by atoms with Crippen molar-refractivity contribution >= 4 is 17.4 Å². The van der Waals surface area contributed by atoms with Crippen LogP contribution in [0.1, 0.15) is 23.7 Å². The van der Waals surface area contributed by atoms with Gasteiger partial charge in [-0.25, -0.2) is 0 Å². The molecule has 1 heterocycles. The van der Waals surface area contributed by atoms with E-state index in [4.69, 9.17) is 4.74 Å². The summed E-state index contributed by atoms with van der Waals surface area (Å²) in [5, 5.41) is 11.0. The average Bonchev–Trinajstić information content (AvgIpc) is 2.48. The molecule has 7 heteroatoms. The highest BCUT2D eigenvalue weighted by Crippen LogP contribution is 2.32. The van der Waals surface area contributed by atoms with Gasteiger partial charge < -0.3 is 9.64 Å².